The van der Waals surface area contributed by atoms with Gasteiger partial charge in [0.05, 0.1) is 17.4 Å². The van der Waals surface area contributed by atoms with Crippen LogP contribution in [0.5, 0.6) is 0 Å². The Morgan fingerprint density at radius 2 is 1.86 bits per heavy atom. The van der Waals surface area contributed by atoms with E-state index in [9.17, 15) is 13.7 Å². The number of hydrogen-bond acceptors (Lipinski definition) is 6. The zero-order valence-corrected chi connectivity index (χ0v) is 17.7. The van der Waals surface area contributed by atoms with E-state index in [-0.39, 0.29) is 11.3 Å². The summed E-state index contributed by atoms with van der Waals surface area (Å²) in [6.07, 6.45) is 0.420. The molecule has 6 nitrogen and oxygen atoms in total. The van der Waals surface area contributed by atoms with Gasteiger partial charge in [-0.25, -0.2) is 8.42 Å². The summed E-state index contributed by atoms with van der Waals surface area (Å²) < 4.78 is 33.0. The van der Waals surface area contributed by atoms with Gasteiger partial charge in [0, 0.05) is 44.5 Å². The van der Waals surface area contributed by atoms with E-state index < -0.39 is 14.8 Å². The fraction of sp³-hybridized carbons (Fsp3) is 0.409. The molecule has 1 heterocycles. The molecular weight excluding hydrogens is 386 g/mol. The normalized spacial score (nSPS) is 16.8. The van der Waals surface area contributed by atoms with E-state index in [4.69, 9.17) is 4.74 Å². The molecule has 1 saturated heterocycles. The molecule has 0 aromatic heterocycles. The van der Waals surface area contributed by atoms with Crippen LogP contribution in [-0.4, -0.2) is 41.7 Å². The third-order valence-corrected chi connectivity index (χ3v) is 7.78. The summed E-state index contributed by atoms with van der Waals surface area (Å²) in [7, 11) is -2.64. The van der Waals surface area contributed by atoms with Gasteiger partial charge in [-0.3, -0.25) is 0 Å². The van der Waals surface area contributed by atoms with Crippen molar-refractivity contribution in [1.82, 2.24) is 5.32 Å². The largest absolute Gasteiger partial charge is 0.369 e. The highest BCUT2D eigenvalue weighted by atomic mass is 32.2. The van der Waals surface area contributed by atoms with Gasteiger partial charge in [0.15, 0.2) is 0 Å². The van der Waals surface area contributed by atoms with Crippen LogP contribution in [-0.2, 0) is 25.9 Å². The predicted octanol–water partition coefficient (Wildman–Crippen LogP) is 2.85. The van der Waals surface area contributed by atoms with Crippen molar-refractivity contribution in [2.24, 2.45) is 0 Å². The first-order valence-corrected chi connectivity index (χ1v) is 11.3. The molecule has 29 heavy (non-hydrogen) atoms. The van der Waals surface area contributed by atoms with Gasteiger partial charge in [-0.05, 0) is 30.2 Å². The molecule has 7 heteroatoms. The summed E-state index contributed by atoms with van der Waals surface area (Å²) in [5.41, 5.74) is 2.49. The molecule has 2 aromatic rings. The second-order valence-corrected chi connectivity index (χ2v) is 9.18. The van der Waals surface area contributed by atoms with Gasteiger partial charge in [-0.1, -0.05) is 37.3 Å². The van der Waals surface area contributed by atoms with Crippen molar-refractivity contribution in [3.05, 3.63) is 59.7 Å². The number of methoxy groups -OCH3 is 1. The van der Waals surface area contributed by atoms with E-state index in [1.807, 2.05) is 19.1 Å². The lowest BCUT2D eigenvalue weighted by molar-refractivity contribution is 0.0630. The second kappa shape index (κ2) is 8.95. The quantitative estimate of drug-likeness (QED) is 0.752. The molecule has 1 fully saturated rings. The molecule has 1 unspecified atom stereocenters. The summed E-state index contributed by atoms with van der Waals surface area (Å²) >= 11 is 0. The first-order chi connectivity index (χ1) is 14.0. The number of piperazine rings is 1. The highest BCUT2D eigenvalue weighted by Crippen LogP contribution is 2.40. The Bertz CT molecular complexity index is 980. The van der Waals surface area contributed by atoms with Crippen molar-refractivity contribution in [3.63, 3.8) is 0 Å². The summed E-state index contributed by atoms with van der Waals surface area (Å²) in [5, 5.41) is 12.7. The molecule has 1 N–H and O–H groups in total. The Kier molecular flexibility index (Phi) is 6.58. The lowest BCUT2D eigenvalue weighted by Crippen LogP contribution is -2.44. The molecule has 0 saturated carbocycles. The van der Waals surface area contributed by atoms with Gasteiger partial charge in [0.25, 0.3) is 0 Å². The fourth-order valence-corrected chi connectivity index (χ4v) is 5.71. The summed E-state index contributed by atoms with van der Waals surface area (Å²) in [4.78, 5) is 0.709. The number of hydrogen-bond donors (Lipinski definition) is 1. The van der Waals surface area contributed by atoms with Crippen LogP contribution in [0, 0.1) is 11.3 Å². The Balaban J connectivity index is 2.10. The maximum atomic E-state index is 13.7. The maximum absolute atomic E-state index is 13.7. The van der Waals surface area contributed by atoms with E-state index >= 15 is 0 Å². The Hall–Kier alpha value is -2.40. The summed E-state index contributed by atoms with van der Waals surface area (Å²) in [6, 6.07) is 16.0. The third-order valence-electron chi connectivity index (χ3n) is 5.49. The number of anilines is 1. The molecule has 0 bridgehead atoms. The molecule has 0 radical (unpaired) electrons. The van der Waals surface area contributed by atoms with Crippen LogP contribution >= 0.6 is 0 Å². The first kappa shape index (κ1) is 21.3. The minimum absolute atomic E-state index is 0.175. The van der Waals surface area contributed by atoms with E-state index in [0.29, 0.717) is 12.0 Å². The van der Waals surface area contributed by atoms with E-state index in [1.165, 1.54) is 7.11 Å². The lowest BCUT2D eigenvalue weighted by atomic mass is 10.1. The van der Waals surface area contributed by atoms with Crippen LogP contribution in [0.3, 0.4) is 0 Å². The predicted molar refractivity (Wildman–Crippen MR) is 113 cm³/mol. The Morgan fingerprint density at radius 3 is 2.45 bits per heavy atom. The number of nitrogens with one attached hydrogen (secondary N) is 1. The number of rotatable bonds is 7. The third kappa shape index (κ3) is 3.88. The highest BCUT2D eigenvalue weighted by molar-refractivity contribution is 7.92. The monoisotopic (exact) mass is 413 g/mol. The minimum atomic E-state index is -3.98. The van der Waals surface area contributed by atoms with Gasteiger partial charge in [-0.2, -0.15) is 5.26 Å². The van der Waals surface area contributed by atoms with Crippen molar-refractivity contribution in [3.8, 4) is 6.07 Å². The number of nitriles is 1. The van der Waals surface area contributed by atoms with E-state index in [1.54, 1.807) is 42.5 Å². The number of benzene rings is 2. The van der Waals surface area contributed by atoms with Crippen molar-refractivity contribution >= 4 is 15.5 Å². The van der Waals surface area contributed by atoms with Crippen LogP contribution < -0.4 is 10.2 Å². The second-order valence-electron chi connectivity index (χ2n) is 7.04. The van der Waals surface area contributed by atoms with Crippen molar-refractivity contribution in [1.29, 1.82) is 5.26 Å². The van der Waals surface area contributed by atoms with Crippen molar-refractivity contribution in [2.45, 2.75) is 29.6 Å². The average molecular weight is 414 g/mol. The van der Waals surface area contributed by atoms with Crippen molar-refractivity contribution in [2.75, 3.05) is 38.2 Å². The Morgan fingerprint density at radius 1 is 1.17 bits per heavy atom. The van der Waals surface area contributed by atoms with Crippen molar-refractivity contribution < 1.29 is 13.2 Å². The zero-order chi connectivity index (χ0) is 20.9. The number of sulfone groups is 1. The molecule has 0 spiro atoms. The van der Waals surface area contributed by atoms with Crippen LogP contribution in [0.4, 0.5) is 5.69 Å². The SMILES string of the molecule is CCc1cc(S(=O)(=O)C(CC#N)(OC)c2ccccc2)ccc1N1CCNCC1. The summed E-state index contributed by atoms with van der Waals surface area (Å²) in [5.74, 6) is 0. The lowest BCUT2D eigenvalue weighted by Gasteiger charge is -2.33. The topological polar surface area (TPSA) is 82.4 Å². The first-order valence-electron chi connectivity index (χ1n) is 9.81. The molecule has 1 atom stereocenters. The van der Waals surface area contributed by atoms with Gasteiger partial charge < -0.3 is 15.0 Å². The summed E-state index contributed by atoms with van der Waals surface area (Å²) in [6.45, 7) is 5.62. The van der Waals surface area contributed by atoms with Gasteiger partial charge in [-0.15, -0.1) is 0 Å². The van der Waals surface area contributed by atoms with Crippen LogP contribution in [0.1, 0.15) is 24.5 Å². The molecule has 154 valence electrons. The molecule has 0 aliphatic carbocycles. The van der Waals surface area contributed by atoms with Crippen LogP contribution in [0.15, 0.2) is 53.4 Å². The minimum Gasteiger partial charge on any atom is -0.369 e. The molecule has 3 rings (SSSR count). The van der Waals surface area contributed by atoms with Crippen LogP contribution in [0.2, 0.25) is 0 Å². The molecular formula is C22H27N3O3S. The standard InChI is InChI=1S/C22H27N3O3S/c1-3-18-17-20(9-10-21(18)25-15-13-24-14-16-25)29(26,27)22(28-2,11-12-23)19-7-5-4-6-8-19/h4-10,17,24H,3,11,13-16H2,1-2H3. The number of aryl methyl sites for hydroxylation is 1. The number of ether oxygens (including phenoxy) is 1. The maximum Gasteiger partial charge on any atom is 0.213 e. The number of nitrogens with zero attached hydrogens (tertiary/aromatic N) is 2. The van der Waals surface area contributed by atoms with Gasteiger partial charge >= 0.3 is 0 Å². The molecule has 1 aliphatic heterocycles. The van der Waals surface area contributed by atoms with Gasteiger partial charge in [0.2, 0.25) is 14.8 Å². The average Bonchev–Trinajstić information content (AvgIpc) is 2.78. The fourth-order valence-electron chi connectivity index (χ4n) is 3.86. The highest BCUT2D eigenvalue weighted by Gasteiger charge is 2.47. The Labute approximate surface area is 173 Å². The molecule has 0 amide bonds. The van der Waals surface area contributed by atoms with E-state index in [0.717, 1.165) is 37.4 Å². The molecule has 1 aliphatic rings. The zero-order valence-electron chi connectivity index (χ0n) is 16.9. The van der Waals surface area contributed by atoms with E-state index in [2.05, 4.69) is 10.2 Å². The molecule has 2 aromatic carbocycles. The smallest absolute Gasteiger partial charge is 0.213 e. The van der Waals surface area contributed by atoms with Crippen LogP contribution in [0.25, 0.3) is 0 Å². The van der Waals surface area contributed by atoms with Gasteiger partial charge in [0.1, 0.15) is 0 Å².